The van der Waals surface area contributed by atoms with Crippen molar-refractivity contribution in [2.24, 2.45) is 0 Å². The monoisotopic (exact) mass is 447 g/mol. The van der Waals surface area contributed by atoms with Crippen molar-refractivity contribution < 1.29 is 14.3 Å². The van der Waals surface area contributed by atoms with Gasteiger partial charge in [0.1, 0.15) is 17.2 Å². The minimum absolute atomic E-state index is 0.301. The molecule has 1 heterocycles. The number of hydrogen-bond donors (Lipinski definition) is 1. The number of carbonyl (C=O) groups excluding carboxylic acids is 1. The summed E-state index contributed by atoms with van der Waals surface area (Å²) in [6.07, 6.45) is 1.71. The Balaban J connectivity index is 1.83. The van der Waals surface area contributed by atoms with Gasteiger partial charge in [0.05, 0.1) is 25.5 Å². The van der Waals surface area contributed by atoms with E-state index in [0.29, 0.717) is 39.0 Å². The second-order valence-electron chi connectivity index (χ2n) is 7.15. The van der Waals surface area contributed by atoms with Crippen LogP contribution in [0.4, 0.5) is 5.69 Å². The van der Waals surface area contributed by atoms with Crippen LogP contribution in [0.25, 0.3) is 16.9 Å². The molecular weight excluding hydrogens is 426 g/mol. The van der Waals surface area contributed by atoms with Gasteiger partial charge < -0.3 is 14.8 Å². The predicted octanol–water partition coefficient (Wildman–Crippen LogP) is 5.77. The maximum atomic E-state index is 13.4. The fraction of sp³-hybridized carbons (Fsp3) is 0.120. The van der Waals surface area contributed by atoms with E-state index in [4.69, 9.17) is 26.2 Å². The molecule has 0 spiro atoms. The Hall–Kier alpha value is -3.77. The number of benzene rings is 3. The van der Waals surface area contributed by atoms with Crippen LogP contribution in [0.2, 0.25) is 5.02 Å². The van der Waals surface area contributed by atoms with Gasteiger partial charge >= 0.3 is 0 Å². The summed E-state index contributed by atoms with van der Waals surface area (Å²) in [4.78, 5) is 13.4. The fourth-order valence-electron chi connectivity index (χ4n) is 3.36. The zero-order valence-corrected chi connectivity index (χ0v) is 18.7. The van der Waals surface area contributed by atoms with Gasteiger partial charge in [-0.15, -0.1) is 0 Å². The smallest absolute Gasteiger partial charge is 0.259 e. The van der Waals surface area contributed by atoms with Crippen LogP contribution in [0.1, 0.15) is 15.9 Å². The van der Waals surface area contributed by atoms with E-state index in [0.717, 1.165) is 11.3 Å². The number of carbonyl (C=O) groups is 1. The van der Waals surface area contributed by atoms with Gasteiger partial charge in [0.2, 0.25) is 0 Å². The van der Waals surface area contributed by atoms with Crippen molar-refractivity contribution in [2.75, 3.05) is 19.5 Å². The minimum Gasteiger partial charge on any atom is -0.497 e. The number of ether oxygens (including phenoxy) is 2. The largest absolute Gasteiger partial charge is 0.497 e. The van der Waals surface area contributed by atoms with Crippen molar-refractivity contribution >= 4 is 23.2 Å². The zero-order chi connectivity index (χ0) is 22.7. The average Bonchev–Trinajstić information content (AvgIpc) is 3.27. The Morgan fingerprint density at radius 3 is 2.50 bits per heavy atom. The molecule has 0 atom stereocenters. The third-order valence-electron chi connectivity index (χ3n) is 5.09. The first-order valence-electron chi connectivity index (χ1n) is 9.95. The molecule has 32 heavy (non-hydrogen) atoms. The Kier molecular flexibility index (Phi) is 6.14. The summed E-state index contributed by atoms with van der Waals surface area (Å²) in [6.45, 7) is 1.91. The summed E-state index contributed by atoms with van der Waals surface area (Å²) >= 11 is 6.13. The predicted molar refractivity (Wildman–Crippen MR) is 126 cm³/mol. The van der Waals surface area contributed by atoms with Crippen molar-refractivity contribution in [1.82, 2.24) is 9.78 Å². The van der Waals surface area contributed by atoms with Crippen molar-refractivity contribution in [3.05, 3.63) is 89.1 Å². The number of methoxy groups -OCH3 is 2. The Morgan fingerprint density at radius 2 is 1.78 bits per heavy atom. The molecule has 6 nitrogen and oxygen atoms in total. The molecule has 1 N–H and O–H groups in total. The number of anilines is 1. The zero-order valence-electron chi connectivity index (χ0n) is 17.9. The van der Waals surface area contributed by atoms with E-state index in [2.05, 4.69) is 5.32 Å². The second-order valence-corrected chi connectivity index (χ2v) is 7.59. The highest BCUT2D eigenvalue weighted by Crippen LogP contribution is 2.35. The number of para-hydroxylation sites is 1. The Bertz CT molecular complexity index is 1270. The summed E-state index contributed by atoms with van der Waals surface area (Å²) in [5.41, 5.74) is 3.95. The number of amides is 1. The van der Waals surface area contributed by atoms with Gasteiger partial charge in [0, 0.05) is 28.5 Å². The molecular formula is C25H22ClN3O3. The van der Waals surface area contributed by atoms with Crippen LogP contribution < -0.4 is 14.8 Å². The number of rotatable bonds is 6. The van der Waals surface area contributed by atoms with E-state index < -0.39 is 0 Å². The minimum atomic E-state index is -0.301. The van der Waals surface area contributed by atoms with Crippen LogP contribution in [-0.2, 0) is 0 Å². The second kappa shape index (κ2) is 9.16. The van der Waals surface area contributed by atoms with Gasteiger partial charge in [0.25, 0.3) is 5.91 Å². The number of nitrogens with one attached hydrogen (secondary N) is 1. The highest BCUT2D eigenvalue weighted by atomic mass is 35.5. The van der Waals surface area contributed by atoms with Crippen LogP contribution in [0.15, 0.2) is 72.9 Å². The molecule has 162 valence electrons. The van der Waals surface area contributed by atoms with Crippen LogP contribution in [0, 0.1) is 6.92 Å². The summed E-state index contributed by atoms with van der Waals surface area (Å²) in [5.74, 6) is 0.898. The highest BCUT2D eigenvalue weighted by molar-refractivity contribution is 6.31. The maximum absolute atomic E-state index is 13.4. The van der Waals surface area contributed by atoms with Crippen molar-refractivity contribution in [2.45, 2.75) is 6.92 Å². The molecule has 0 aliphatic rings. The normalized spacial score (nSPS) is 10.6. The first kappa shape index (κ1) is 21.5. The third kappa shape index (κ3) is 4.31. The maximum Gasteiger partial charge on any atom is 0.259 e. The van der Waals surface area contributed by atoms with Gasteiger partial charge in [0.15, 0.2) is 0 Å². The van der Waals surface area contributed by atoms with Gasteiger partial charge in [-0.3, -0.25) is 4.79 Å². The van der Waals surface area contributed by atoms with Gasteiger partial charge in [-0.1, -0.05) is 35.9 Å². The van der Waals surface area contributed by atoms with Crippen LogP contribution in [-0.4, -0.2) is 29.9 Å². The molecule has 0 saturated carbocycles. The SMILES string of the molecule is COc1ccc(-c2nn(-c3ccccc3)cc2C(=O)Nc2cc(Cl)ccc2C)c(OC)c1. The van der Waals surface area contributed by atoms with Crippen LogP contribution >= 0.6 is 11.6 Å². The standard InChI is InChI=1S/C25H22ClN3O3/c1-16-9-10-17(26)13-22(16)27-25(30)21-15-29(18-7-5-4-6-8-18)28-24(21)20-12-11-19(31-2)14-23(20)32-3/h4-15H,1-3H3,(H,27,30). The lowest BCUT2D eigenvalue weighted by atomic mass is 10.1. The molecule has 0 aliphatic heterocycles. The molecule has 0 saturated heterocycles. The Labute approximate surface area is 191 Å². The van der Waals surface area contributed by atoms with E-state index in [1.165, 1.54) is 0 Å². The quantitative estimate of drug-likeness (QED) is 0.407. The Morgan fingerprint density at radius 1 is 1.00 bits per heavy atom. The fourth-order valence-corrected chi connectivity index (χ4v) is 3.54. The third-order valence-corrected chi connectivity index (χ3v) is 5.33. The molecule has 0 unspecified atom stereocenters. The summed E-state index contributed by atoms with van der Waals surface area (Å²) < 4.78 is 12.6. The van der Waals surface area contributed by atoms with Gasteiger partial charge in [-0.2, -0.15) is 5.10 Å². The van der Waals surface area contributed by atoms with E-state index >= 15 is 0 Å². The lowest BCUT2D eigenvalue weighted by molar-refractivity contribution is 0.102. The van der Waals surface area contributed by atoms with E-state index in [-0.39, 0.29) is 5.91 Å². The molecule has 7 heteroatoms. The lowest BCUT2D eigenvalue weighted by Gasteiger charge is -2.11. The number of nitrogens with zero attached hydrogens (tertiary/aromatic N) is 2. The average molecular weight is 448 g/mol. The van der Waals surface area contributed by atoms with Crippen LogP contribution in [0.5, 0.6) is 11.5 Å². The molecule has 0 aliphatic carbocycles. The summed E-state index contributed by atoms with van der Waals surface area (Å²) in [6, 6.07) is 20.4. The molecule has 3 aromatic carbocycles. The molecule has 4 rings (SSSR count). The molecule has 0 bridgehead atoms. The van der Waals surface area contributed by atoms with E-state index in [1.807, 2.05) is 55.5 Å². The highest BCUT2D eigenvalue weighted by Gasteiger charge is 2.22. The first-order valence-corrected chi connectivity index (χ1v) is 10.3. The summed E-state index contributed by atoms with van der Waals surface area (Å²) in [7, 11) is 3.16. The lowest BCUT2D eigenvalue weighted by Crippen LogP contribution is -2.13. The summed E-state index contributed by atoms with van der Waals surface area (Å²) in [5, 5.41) is 8.23. The van der Waals surface area contributed by atoms with E-state index in [9.17, 15) is 4.79 Å². The molecule has 4 aromatic rings. The van der Waals surface area contributed by atoms with Crippen molar-refractivity contribution in [3.8, 4) is 28.4 Å². The molecule has 1 aromatic heterocycles. The van der Waals surface area contributed by atoms with Crippen molar-refractivity contribution in [3.63, 3.8) is 0 Å². The van der Waals surface area contributed by atoms with Gasteiger partial charge in [-0.05, 0) is 48.9 Å². The molecule has 1 amide bonds. The molecule has 0 radical (unpaired) electrons. The number of aromatic nitrogens is 2. The van der Waals surface area contributed by atoms with Gasteiger partial charge in [-0.25, -0.2) is 4.68 Å². The number of aryl methyl sites for hydroxylation is 1. The number of halogens is 1. The van der Waals surface area contributed by atoms with E-state index in [1.54, 1.807) is 43.3 Å². The topological polar surface area (TPSA) is 65.4 Å². The van der Waals surface area contributed by atoms with Crippen LogP contribution in [0.3, 0.4) is 0 Å². The first-order chi connectivity index (χ1) is 15.5. The number of hydrogen-bond acceptors (Lipinski definition) is 4. The molecule has 0 fully saturated rings. The van der Waals surface area contributed by atoms with Crippen molar-refractivity contribution in [1.29, 1.82) is 0 Å².